The van der Waals surface area contributed by atoms with Crippen LogP contribution < -0.4 is 11.4 Å². The number of unbranched alkanes of at least 4 members (excludes halogenated alkanes) is 14. The Morgan fingerprint density at radius 1 is 0.671 bits per heavy atom. The van der Waals surface area contributed by atoms with E-state index in [1.54, 1.807) is 0 Å². The molecule has 414 valence electrons. The Labute approximate surface area is 432 Å². The third-order valence-corrected chi connectivity index (χ3v) is 14.6. The van der Waals surface area contributed by atoms with Gasteiger partial charge >= 0.3 is 33.3 Å². The van der Waals surface area contributed by atoms with Crippen LogP contribution in [0.25, 0.3) is 0 Å². The van der Waals surface area contributed by atoms with Gasteiger partial charge in [0.2, 0.25) is 0 Å². The van der Waals surface area contributed by atoms with E-state index in [-0.39, 0.29) is 24.8 Å². The number of aromatic nitrogens is 2. The Morgan fingerprint density at radius 3 is 1.81 bits per heavy atom. The van der Waals surface area contributed by atoms with Crippen molar-refractivity contribution in [2.45, 2.75) is 211 Å². The Bertz CT molecular complexity index is 2030. The van der Waals surface area contributed by atoms with Crippen molar-refractivity contribution in [2.24, 2.45) is 0 Å². The highest BCUT2D eigenvalue weighted by Gasteiger charge is 2.46. The third-order valence-electron chi connectivity index (χ3n) is 12.0. The summed E-state index contributed by atoms with van der Waals surface area (Å²) in [6.45, 7) is 2.04. The maximum atomic E-state index is 12.9. The van der Waals surface area contributed by atoms with Crippen LogP contribution in [0.4, 0.5) is 5.82 Å². The molecule has 1 aromatic heterocycles. The third kappa shape index (κ3) is 29.3. The number of nitrogens with two attached hydrogens (primary N) is 1. The Hall–Kier alpha value is -3.58. The van der Waals surface area contributed by atoms with E-state index in [1.165, 1.54) is 44.6 Å². The largest absolute Gasteiger partial charge is 0.481 e. The smallest absolute Gasteiger partial charge is 0.462 e. The van der Waals surface area contributed by atoms with Crippen LogP contribution in [0.15, 0.2) is 77.8 Å². The van der Waals surface area contributed by atoms with Crippen LogP contribution in [0.2, 0.25) is 0 Å². The van der Waals surface area contributed by atoms with Gasteiger partial charge < -0.3 is 44.7 Å². The van der Waals surface area contributed by atoms with Gasteiger partial charge in [0.25, 0.3) is 0 Å². The van der Waals surface area contributed by atoms with Gasteiger partial charge in [-0.2, -0.15) is 9.29 Å². The minimum Gasteiger partial charge on any atom is -0.462 e. The first-order valence-corrected chi connectivity index (χ1v) is 29.4. The number of aliphatic hydroxyl groups is 2. The lowest BCUT2D eigenvalue weighted by molar-refractivity contribution is -0.161. The summed E-state index contributed by atoms with van der Waals surface area (Å²) in [7, 11) is -10.9. The zero-order valence-corrected chi connectivity index (χ0v) is 44.9. The van der Waals surface area contributed by atoms with Crippen LogP contribution in [0, 0.1) is 0 Å². The van der Waals surface area contributed by atoms with E-state index in [2.05, 4.69) is 71.8 Å². The molecule has 6 N–H and O–H groups in total. The van der Waals surface area contributed by atoms with Crippen LogP contribution in [-0.2, 0) is 51.0 Å². The van der Waals surface area contributed by atoms with E-state index in [1.807, 2.05) is 12.2 Å². The molecule has 21 heteroatoms. The van der Waals surface area contributed by atoms with Gasteiger partial charge in [-0.15, -0.1) is 0 Å². The molecule has 0 aliphatic carbocycles. The number of anilines is 1. The lowest BCUT2D eigenvalue weighted by Gasteiger charge is -2.21. The number of hydrogen-bond donors (Lipinski definition) is 5. The van der Waals surface area contributed by atoms with Crippen molar-refractivity contribution >= 4 is 33.4 Å². The summed E-state index contributed by atoms with van der Waals surface area (Å²) in [5.41, 5.74) is 4.59. The first-order valence-electron chi connectivity index (χ1n) is 26.4. The van der Waals surface area contributed by atoms with E-state index in [0.29, 0.717) is 25.4 Å². The number of aliphatic hydroxyl groups excluding tert-OH is 2. The second-order valence-electron chi connectivity index (χ2n) is 18.4. The molecule has 3 heterocycles. The minimum atomic E-state index is -5.44. The van der Waals surface area contributed by atoms with E-state index < -0.39 is 83.7 Å². The monoisotopic (exact) mass is 1070 g/mol. The van der Waals surface area contributed by atoms with E-state index >= 15 is 0 Å². The van der Waals surface area contributed by atoms with Crippen molar-refractivity contribution in [3.05, 3.63) is 83.5 Å². The molecule has 2 aliphatic rings. The molecule has 4 unspecified atom stereocenters. The summed E-state index contributed by atoms with van der Waals surface area (Å²) < 4.78 is 62.6. The van der Waals surface area contributed by atoms with Gasteiger partial charge in [0.1, 0.15) is 30.7 Å². The van der Waals surface area contributed by atoms with E-state index in [4.69, 9.17) is 33.7 Å². The predicted molar refractivity (Wildman–Crippen MR) is 279 cm³/mol. The molecule has 0 amide bonds. The van der Waals surface area contributed by atoms with Crippen molar-refractivity contribution in [2.75, 3.05) is 25.6 Å². The number of hydrogen-bond acceptors (Lipinski definition) is 16. The predicted octanol–water partition coefficient (Wildman–Crippen LogP) is 10.1. The fourth-order valence-corrected chi connectivity index (χ4v) is 9.84. The van der Waals surface area contributed by atoms with Crippen LogP contribution in [0.1, 0.15) is 174 Å². The van der Waals surface area contributed by atoms with Gasteiger partial charge in [-0.25, -0.2) is 13.9 Å². The molecular weight excluding hydrogens is 985 g/mol. The van der Waals surface area contributed by atoms with Gasteiger partial charge in [0.15, 0.2) is 12.3 Å². The second-order valence-corrected chi connectivity index (χ2v) is 21.4. The van der Waals surface area contributed by atoms with Crippen molar-refractivity contribution in [1.29, 1.82) is 0 Å². The summed E-state index contributed by atoms with van der Waals surface area (Å²) in [5.74, 6) is -1.38. The van der Waals surface area contributed by atoms with Crippen LogP contribution in [0.3, 0.4) is 0 Å². The molecule has 73 heavy (non-hydrogen) atoms. The number of epoxide rings is 1. The lowest BCUT2D eigenvalue weighted by atomic mass is 10.1. The lowest BCUT2D eigenvalue weighted by Crippen LogP contribution is -2.36. The first kappa shape index (κ1) is 63.7. The fraction of sp³-hybridized carbons (Fsp3) is 0.692. The highest BCUT2D eigenvalue weighted by molar-refractivity contribution is 7.61. The van der Waals surface area contributed by atoms with E-state index in [9.17, 15) is 43.5 Å². The average molecular weight is 1070 g/mol. The molecule has 0 aromatic carbocycles. The zero-order valence-electron chi connectivity index (χ0n) is 43.1. The number of ether oxygens (including phenoxy) is 4. The van der Waals surface area contributed by atoms with Crippen molar-refractivity contribution in [3.8, 4) is 0 Å². The summed E-state index contributed by atoms with van der Waals surface area (Å²) in [4.78, 5) is 62.0. The number of carbonyl (C=O) groups is 2. The van der Waals surface area contributed by atoms with Crippen LogP contribution in [0.5, 0.6) is 0 Å². The standard InChI is InChI=1S/C52H85N3O16P2/c1-3-5-7-9-11-12-13-14-15-16-17-18-19-20-23-27-31-35-47(56)65-39-42(68-48(57)36-32-28-24-21-22-26-30-34-44-43(69-44)33-29-25-10-8-6-4-2)40-66-72(61,62)71-73(63,64)67-41-45-49(58)50(59)51(70-45)55-38-37-46(53)54-52(55)60/h11-12,14-15,21,24-26,29-30,37-38,42-45,49-51,58-59H,3-10,13,16-20,22-23,27-28,31-36,39-41H2,1-2H3,(H,61,62)(H,63,64)(H2,53,54,60)/b12-11-,15-14-,24-21-,29-25-,30-26-/t42-,43?,44?,45-,49-,50-,51-/m1/s1. The number of phosphoric ester groups is 2. The van der Waals surface area contributed by atoms with E-state index in [0.717, 1.165) is 94.2 Å². The Kier molecular flexibility index (Phi) is 32.5. The Morgan fingerprint density at radius 2 is 1.19 bits per heavy atom. The number of rotatable bonds is 42. The molecule has 0 saturated carbocycles. The van der Waals surface area contributed by atoms with Crippen molar-refractivity contribution in [1.82, 2.24) is 9.55 Å². The molecule has 19 nitrogen and oxygen atoms in total. The molecular formula is C52H85N3O16P2. The van der Waals surface area contributed by atoms with Gasteiger partial charge in [-0.05, 0) is 89.5 Å². The number of carbonyl (C=O) groups excluding carboxylic acids is 2. The maximum absolute atomic E-state index is 12.9. The summed E-state index contributed by atoms with van der Waals surface area (Å²) in [6, 6.07) is 1.24. The molecule has 2 aliphatic heterocycles. The quantitative estimate of drug-likeness (QED) is 0.0134. The van der Waals surface area contributed by atoms with Crippen molar-refractivity contribution < 1.29 is 71.0 Å². The molecule has 0 bridgehead atoms. The molecule has 0 spiro atoms. The topological polar surface area (TPSA) is 278 Å². The number of allylic oxidation sites excluding steroid dienone is 8. The van der Waals surface area contributed by atoms with Gasteiger partial charge in [-0.1, -0.05) is 132 Å². The van der Waals surface area contributed by atoms with Crippen molar-refractivity contribution in [3.63, 3.8) is 0 Å². The molecule has 2 saturated heterocycles. The zero-order chi connectivity index (χ0) is 53.2. The first-order chi connectivity index (χ1) is 35.1. The fourth-order valence-electron chi connectivity index (χ4n) is 7.73. The summed E-state index contributed by atoms with van der Waals surface area (Å²) in [5, 5.41) is 20.9. The van der Waals surface area contributed by atoms with Crippen LogP contribution >= 0.6 is 15.6 Å². The maximum Gasteiger partial charge on any atom is 0.481 e. The average Bonchev–Trinajstić information content (AvgIpc) is 4.04. The molecule has 3 rings (SSSR count). The molecule has 0 radical (unpaired) electrons. The summed E-state index contributed by atoms with van der Waals surface area (Å²) in [6.07, 6.45) is 37.5. The normalized spacial score (nSPS) is 22.2. The highest BCUT2D eigenvalue weighted by atomic mass is 31.3. The number of nitrogens with zero attached hydrogens (tertiary/aromatic N) is 2. The SMILES string of the molecule is CCCCC/C=C\C/C=C\CCCCCCCCCC(=O)OC[C@H](COP(=O)(O)OP(=O)(O)OC[C@H]1O[C@@H](n2ccc(N)nc2=O)[C@H](O)[C@@H]1O)OC(=O)CCC/C=C\C/C=C\CC1OC1C/C=C\CCCCC. The number of nitrogen functional groups attached to an aromatic ring is 1. The van der Waals surface area contributed by atoms with Crippen LogP contribution in [-0.4, -0.2) is 97.9 Å². The highest BCUT2D eigenvalue weighted by Crippen LogP contribution is 2.60. The second kappa shape index (κ2) is 37.2. The molecule has 1 aromatic rings. The Balaban J connectivity index is 1.41. The molecule has 2 fully saturated rings. The number of esters is 2. The molecule has 9 atom stereocenters. The van der Waals surface area contributed by atoms with Gasteiger partial charge in [0, 0.05) is 19.0 Å². The minimum absolute atomic E-state index is 0.0350. The van der Waals surface area contributed by atoms with Gasteiger partial charge in [-0.3, -0.25) is 23.2 Å². The number of phosphoric acid groups is 2. The summed E-state index contributed by atoms with van der Waals surface area (Å²) >= 11 is 0. The van der Waals surface area contributed by atoms with Gasteiger partial charge in [0.05, 0.1) is 25.4 Å².